The van der Waals surface area contributed by atoms with Gasteiger partial charge in [0.2, 0.25) is 6.10 Å². The number of hydrogen-bond donors (Lipinski definition) is 1. The van der Waals surface area contributed by atoms with Crippen LogP contribution in [0.1, 0.15) is 24.5 Å². The standard InChI is InChI=1S/C19H18BrNO4/c20-14-6-10-16(11-7-14)24-12-17(22)25-18(13-4-2-1-3-5-13)19(23)21-15-8-9-15/h1-7,10-11,15,18H,8-9,12H2,(H,21,23)/t18-/m1/s1. The van der Waals surface area contributed by atoms with Crippen LogP contribution in [0.5, 0.6) is 5.75 Å². The first-order valence-electron chi connectivity index (χ1n) is 8.05. The molecule has 1 saturated carbocycles. The molecule has 0 unspecified atom stereocenters. The molecule has 1 N–H and O–H groups in total. The Morgan fingerprint density at radius 3 is 2.40 bits per heavy atom. The molecule has 3 rings (SSSR count). The first-order valence-corrected chi connectivity index (χ1v) is 8.84. The third-order valence-electron chi connectivity index (χ3n) is 3.68. The normalized spacial score (nSPS) is 14.4. The topological polar surface area (TPSA) is 64.6 Å². The van der Waals surface area contributed by atoms with Gasteiger partial charge in [-0.05, 0) is 37.1 Å². The van der Waals surface area contributed by atoms with Crippen LogP contribution in [0, 0.1) is 0 Å². The highest BCUT2D eigenvalue weighted by atomic mass is 79.9. The summed E-state index contributed by atoms with van der Waals surface area (Å²) in [5.74, 6) is -0.341. The van der Waals surface area contributed by atoms with E-state index in [4.69, 9.17) is 9.47 Å². The minimum absolute atomic E-state index is 0.191. The van der Waals surface area contributed by atoms with Crippen molar-refractivity contribution < 1.29 is 19.1 Å². The summed E-state index contributed by atoms with van der Waals surface area (Å²) in [6, 6.07) is 16.3. The lowest BCUT2D eigenvalue weighted by Gasteiger charge is -2.18. The number of nitrogens with one attached hydrogen (secondary N) is 1. The van der Waals surface area contributed by atoms with Crippen LogP contribution in [-0.2, 0) is 14.3 Å². The van der Waals surface area contributed by atoms with Gasteiger partial charge < -0.3 is 14.8 Å². The molecule has 0 radical (unpaired) electrons. The average molecular weight is 404 g/mol. The molecule has 1 fully saturated rings. The summed E-state index contributed by atoms with van der Waals surface area (Å²) in [5.41, 5.74) is 0.637. The van der Waals surface area contributed by atoms with E-state index >= 15 is 0 Å². The summed E-state index contributed by atoms with van der Waals surface area (Å²) >= 11 is 3.33. The van der Waals surface area contributed by atoms with Crippen molar-refractivity contribution >= 4 is 27.8 Å². The number of benzene rings is 2. The second-order valence-electron chi connectivity index (χ2n) is 5.81. The van der Waals surface area contributed by atoms with Gasteiger partial charge in [-0.3, -0.25) is 4.79 Å². The first-order chi connectivity index (χ1) is 12.1. The molecular weight excluding hydrogens is 386 g/mol. The number of esters is 1. The van der Waals surface area contributed by atoms with Gasteiger partial charge in [0.25, 0.3) is 5.91 Å². The predicted octanol–water partition coefficient (Wildman–Crippen LogP) is 3.39. The van der Waals surface area contributed by atoms with Gasteiger partial charge in [-0.15, -0.1) is 0 Å². The molecule has 0 aromatic heterocycles. The van der Waals surface area contributed by atoms with Crippen molar-refractivity contribution in [2.24, 2.45) is 0 Å². The van der Waals surface area contributed by atoms with Gasteiger partial charge in [0.1, 0.15) is 5.75 Å². The fourth-order valence-corrected chi connectivity index (χ4v) is 2.51. The maximum Gasteiger partial charge on any atom is 0.345 e. The number of amides is 1. The lowest BCUT2D eigenvalue weighted by atomic mass is 10.1. The average Bonchev–Trinajstić information content (AvgIpc) is 3.44. The smallest absolute Gasteiger partial charge is 0.345 e. The van der Waals surface area contributed by atoms with Gasteiger partial charge in [-0.25, -0.2) is 4.79 Å². The summed E-state index contributed by atoms with van der Waals surface area (Å²) < 4.78 is 11.7. The van der Waals surface area contributed by atoms with Crippen LogP contribution in [0.15, 0.2) is 59.1 Å². The molecule has 1 amide bonds. The van der Waals surface area contributed by atoms with E-state index in [9.17, 15) is 9.59 Å². The maximum absolute atomic E-state index is 12.4. The largest absolute Gasteiger partial charge is 0.482 e. The Balaban J connectivity index is 1.61. The van der Waals surface area contributed by atoms with Gasteiger partial charge in [0, 0.05) is 16.1 Å². The third kappa shape index (κ3) is 5.32. The van der Waals surface area contributed by atoms with Crippen molar-refractivity contribution in [2.75, 3.05) is 6.61 Å². The zero-order valence-electron chi connectivity index (χ0n) is 13.5. The molecule has 0 heterocycles. The molecule has 5 nitrogen and oxygen atoms in total. The molecule has 1 aliphatic carbocycles. The van der Waals surface area contributed by atoms with Crippen LogP contribution >= 0.6 is 15.9 Å². The molecule has 0 bridgehead atoms. The van der Waals surface area contributed by atoms with Crippen LogP contribution in [0.3, 0.4) is 0 Å². The molecule has 6 heteroatoms. The predicted molar refractivity (Wildman–Crippen MR) is 96.1 cm³/mol. The molecule has 25 heavy (non-hydrogen) atoms. The van der Waals surface area contributed by atoms with Crippen molar-refractivity contribution in [2.45, 2.75) is 25.0 Å². The minimum atomic E-state index is -0.970. The Labute approximate surface area is 154 Å². The van der Waals surface area contributed by atoms with Gasteiger partial charge in [0.15, 0.2) is 6.61 Å². The fourth-order valence-electron chi connectivity index (χ4n) is 2.24. The lowest BCUT2D eigenvalue weighted by molar-refractivity contribution is -0.158. The van der Waals surface area contributed by atoms with Gasteiger partial charge >= 0.3 is 5.97 Å². The Bertz CT molecular complexity index is 729. The number of carbonyl (C=O) groups excluding carboxylic acids is 2. The van der Waals surface area contributed by atoms with E-state index in [0.29, 0.717) is 11.3 Å². The monoisotopic (exact) mass is 403 g/mol. The summed E-state index contributed by atoms with van der Waals surface area (Å²) in [5, 5.41) is 2.88. The van der Waals surface area contributed by atoms with E-state index < -0.39 is 12.1 Å². The van der Waals surface area contributed by atoms with Crippen molar-refractivity contribution in [3.8, 4) is 5.75 Å². The second-order valence-corrected chi connectivity index (χ2v) is 6.72. The lowest BCUT2D eigenvalue weighted by Crippen LogP contribution is -2.34. The van der Waals surface area contributed by atoms with E-state index in [1.165, 1.54) is 0 Å². The van der Waals surface area contributed by atoms with E-state index in [1.807, 2.05) is 18.2 Å². The van der Waals surface area contributed by atoms with Crippen LogP contribution in [0.2, 0.25) is 0 Å². The van der Waals surface area contributed by atoms with Gasteiger partial charge in [0.05, 0.1) is 0 Å². The van der Waals surface area contributed by atoms with Crippen LogP contribution in [0.4, 0.5) is 0 Å². The van der Waals surface area contributed by atoms with Crippen LogP contribution in [0.25, 0.3) is 0 Å². The van der Waals surface area contributed by atoms with Gasteiger partial charge in [-0.2, -0.15) is 0 Å². The Hall–Kier alpha value is -2.34. The van der Waals surface area contributed by atoms with Crippen molar-refractivity contribution in [1.29, 1.82) is 0 Å². The van der Waals surface area contributed by atoms with E-state index in [0.717, 1.165) is 17.3 Å². The zero-order chi connectivity index (χ0) is 17.6. The molecule has 0 aliphatic heterocycles. The quantitative estimate of drug-likeness (QED) is 0.719. The number of carbonyl (C=O) groups is 2. The summed E-state index contributed by atoms with van der Waals surface area (Å²) in [7, 11) is 0. The molecule has 0 saturated heterocycles. The molecule has 130 valence electrons. The molecular formula is C19H18BrNO4. The zero-order valence-corrected chi connectivity index (χ0v) is 15.1. The second kappa shape index (κ2) is 8.16. The van der Waals surface area contributed by atoms with E-state index in [-0.39, 0.29) is 18.6 Å². The molecule has 2 aromatic carbocycles. The highest BCUT2D eigenvalue weighted by molar-refractivity contribution is 9.10. The molecule has 1 aliphatic rings. The Morgan fingerprint density at radius 2 is 1.76 bits per heavy atom. The van der Waals surface area contributed by atoms with Gasteiger partial charge in [-0.1, -0.05) is 46.3 Å². The van der Waals surface area contributed by atoms with Crippen molar-refractivity contribution in [3.05, 3.63) is 64.6 Å². The highest BCUT2D eigenvalue weighted by Gasteiger charge is 2.30. The Morgan fingerprint density at radius 1 is 1.08 bits per heavy atom. The van der Waals surface area contributed by atoms with Crippen LogP contribution < -0.4 is 10.1 Å². The van der Waals surface area contributed by atoms with E-state index in [2.05, 4.69) is 21.2 Å². The van der Waals surface area contributed by atoms with Crippen molar-refractivity contribution in [1.82, 2.24) is 5.32 Å². The molecule has 0 spiro atoms. The number of hydrogen-bond acceptors (Lipinski definition) is 4. The fraction of sp³-hybridized carbons (Fsp3) is 0.263. The van der Waals surface area contributed by atoms with Crippen LogP contribution in [-0.4, -0.2) is 24.5 Å². The molecule has 2 aromatic rings. The number of halogens is 1. The SMILES string of the molecule is O=C(COc1ccc(Br)cc1)O[C@@H](C(=O)NC1CC1)c1ccccc1. The number of ether oxygens (including phenoxy) is 2. The highest BCUT2D eigenvalue weighted by Crippen LogP contribution is 2.23. The van der Waals surface area contributed by atoms with Crippen molar-refractivity contribution in [3.63, 3.8) is 0 Å². The summed E-state index contributed by atoms with van der Waals surface area (Å²) in [6.45, 7) is -0.262. The number of rotatable bonds is 7. The minimum Gasteiger partial charge on any atom is -0.482 e. The first kappa shape index (κ1) is 17.5. The van der Waals surface area contributed by atoms with E-state index in [1.54, 1.807) is 36.4 Å². The Kier molecular flexibility index (Phi) is 5.71. The maximum atomic E-state index is 12.4. The summed E-state index contributed by atoms with van der Waals surface area (Å²) in [4.78, 5) is 24.5. The molecule has 1 atom stereocenters. The third-order valence-corrected chi connectivity index (χ3v) is 4.21. The summed E-state index contributed by atoms with van der Waals surface area (Å²) in [6.07, 6.45) is 0.963.